The van der Waals surface area contributed by atoms with Gasteiger partial charge in [-0.1, -0.05) is 0 Å². The molecule has 0 saturated heterocycles. The third kappa shape index (κ3) is 0.992. The summed E-state index contributed by atoms with van der Waals surface area (Å²) in [5, 5.41) is 0.924. The van der Waals surface area contributed by atoms with Gasteiger partial charge in [0.2, 0.25) is 0 Å². The lowest BCUT2D eigenvalue weighted by molar-refractivity contribution is 0.417. The molecule has 0 saturated carbocycles. The second-order valence-electron chi connectivity index (χ2n) is 2.30. The van der Waals surface area contributed by atoms with E-state index in [9.17, 15) is 0 Å². The third-order valence-corrected chi connectivity index (χ3v) is 2.21. The Morgan fingerprint density at radius 3 is 3.08 bits per heavy atom. The van der Waals surface area contributed by atoms with Gasteiger partial charge in [-0.2, -0.15) is 0 Å². The van der Waals surface area contributed by atoms with Gasteiger partial charge in [0.1, 0.15) is 12.0 Å². The van der Waals surface area contributed by atoms with E-state index in [0.29, 0.717) is 5.75 Å². The van der Waals surface area contributed by atoms with Crippen LogP contribution in [0.2, 0.25) is 0 Å². The summed E-state index contributed by atoms with van der Waals surface area (Å²) < 4.78 is 11.2. The van der Waals surface area contributed by atoms with E-state index in [1.54, 1.807) is 25.8 Å². The lowest BCUT2D eigenvalue weighted by Crippen LogP contribution is -1.84. The molecule has 0 aliphatic rings. The van der Waals surface area contributed by atoms with Crippen LogP contribution in [0.5, 0.6) is 5.75 Å². The monoisotopic (exact) mass is 227 g/mol. The van der Waals surface area contributed by atoms with Crippen molar-refractivity contribution in [3.05, 3.63) is 23.1 Å². The van der Waals surface area contributed by atoms with Crippen molar-refractivity contribution in [3.63, 3.8) is 0 Å². The third-order valence-electron chi connectivity index (χ3n) is 1.62. The molecule has 0 bridgehead atoms. The molecule has 0 radical (unpaired) electrons. The molecule has 2 aromatic rings. The number of hydrogen-bond acceptors (Lipinski definition) is 3. The van der Waals surface area contributed by atoms with Gasteiger partial charge in [0.15, 0.2) is 5.58 Å². The zero-order chi connectivity index (χ0) is 8.55. The normalized spacial score (nSPS) is 10.5. The van der Waals surface area contributed by atoms with Gasteiger partial charge in [-0.3, -0.25) is 4.98 Å². The molecule has 12 heavy (non-hydrogen) atoms. The molecule has 2 aromatic heterocycles. The van der Waals surface area contributed by atoms with E-state index >= 15 is 0 Å². The molecular formula is C8H6BrNO2. The molecule has 4 heteroatoms. The van der Waals surface area contributed by atoms with Crippen molar-refractivity contribution in [3.8, 4) is 5.75 Å². The van der Waals surface area contributed by atoms with Crippen molar-refractivity contribution >= 4 is 26.9 Å². The Hall–Kier alpha value is -1.03. The van der Waals surface area contributed by atoms with Gasteiger partial charge in [0, 0.05) is 0 Å². The van der Waals surface area contributed by atoms with Gasteiger partial charge in [-0.15, -0.1) is 0 Å². The lowest BCUT2D eigenvalue weighted by Gasteiger charge is -1.98. The molecule has 0 unspecified atom stereocenters. The maximum Gasteiger partial charge on any atom is 0.157 e. The first kappa shape index (κ1) is 7.61. The van der Waals surface area contributed by atoms with E-state index in [-0.39, 0.29) is 0 Å². The number of furan rings is 1. The lowest BCUT2D eigenvalue weighted by atomic mass is 10.3. The first-order valence-corrected chi connectivity index (χ1v) is 4.17. The smallest absolute Gasteiger partial charge is 0.157 e. The number of pyridine rings is 1. The van der Waals surface area contributed by atoms with E-state index < -0.39 is 0 Å². The van der Waals surface area contributed by atoms with Crippen LogP contribution in [0.4, 0.5) is 0 Å². The van der Waals surface area contributed by atoms with Crippen LogP contribution in [0.15, 0.2) is 27.5 Å². The molecule has 0 aromatic carbocycles. The minimum Gasteiger partial charge on any atom is -0.494 e. The van der Waals surface area contributed by atoms with Crippen LogP contribution < -0.4 is 4.74 Å². The van der Waals surface area contributed by atoms with Crippen molar-refractivity contribution in [1.29, 1.82) is 0 Å². The Labute approximate surface area is 77.5 Å². The van der Waals surface area contributed by atoms with Gasteiger partial charge < -0.3 is 9.15 Å². The number of halogens is 1. The fourth-order valence-corrected chi connectivity index (χ4v) is 1.56. The molecule has 0 N–H and O–H groups in total. The maximum absolute atomic E-state index is 5.20. The summed E-state index contributed by atoms with van der Waals surface area (Å²) >= 11 is 3.36. The zero-order valence-corrected chi connectivity index (χ0v) is 7.96. The maximum atomic E-state index is 5.20. The average Bonchev–Trinajstić information content (AvgIpc) is 2.48. The molecule has 2 rings (SSSR count). The molecule has 3 nitrogen and oxygen atoms in total. The number of rotatable bonds is 1. The first-order chi connectivity index (χ1) is 5.83. The Kier molecular flexibility index (Phi) is 1.77. The summed E-state index contributed by atoms with van der Waals surface area (Å²) in [6.45, 7) is 0. The van der Waals surface area contributed by atoms with E-state index in [0.717, 1.165) is 15.4 Å². The number of hydrogen-bond donors (Lipinski definition) is 0. The van der Waals surface area contributed by atoms with E-state index in [4.69, 9.17) is 9.15 Å². The van der Waals surface area contributed by atoms with E-state index in [1.807, 2.05) is 0 Å². The second-order valence-corrected chi connectivity index (χ2v) is 3.15. The number of fused-ring (bicyclic) bond motifs is 1. The van der Waals surface area contributed by atoms with Crippen molar-refractivity contribution < 1.29 is 9.15 Å². The Bertz CT molecular complexity index is 410. The van der Waals surface area contributed by atoms with Crippen LogP contribution in [-0.4, -0.2) is 12.1 Å². The van der Waals surface area contributed by atoms with Gasteiger partial charge in [-0.25, -0.2) is 0 Å². The number of aromatic nitrogens is 1. The Morgan fingerprint density at radius 1 is 1.50 bits per heavy atom. The fraction of sp³-hybridized carbons (Fsp3) is 0.125. The first-order valence-electron chi connectivity index (χ1n) is 3.37. The Balaban J connectivity index is 2.84. The molecule has 0 fully saturated rings. The summed E-state index contributed by atoms with van der Waals surface area (Å²) in [6.07, 6.45) is 4.93. The summed E-state index contributed by atoms with van der Waals surface area (Å²) in [5.74, 6) is 0.716. The van der Waals surface area contributed by atoms with Gasteiger partial charge in [0.05, 0.1) is 29.4 Å². The highest BCUT2D eigenvalue weighted by Crippen LogP contribution is 2.32. The van der Waals surface area contributed by atoms with Crippen molar-refractivity contribution in [1.82, 2.24) is 4.98 Å². The molecule has 0 aliphatic heterocycles. The summed E-state index contributed by atoms with van der Waals surface area (Å²) in [4.78, 5) is 3.96. The van der Waals surface area contributed by atoms with Crippen molar-refractivity contribution in [2.24, 2.45) is 0 Å². The van der Waals surface area contributed by atoms with Crippen LogP contribution >= 0.6 is 15.9 Å². The van der Waals surface area contributed by atoms with Crippen LogP contribution in [-0.2, 0) is 0 Å². The highest BCUT2D eigenvalue weighted by atomic mass is 79.9. The van der Waals surface area contributed by atoms with Crippen LogP contribution in [0, 0.1) is 0 Å². The summed E-state index contributed by atoms with van der Waals surface area (Å²) in [5.41, 5.74) is 0.723. The highest BCUT2D eigenvalue weighted by molar-refractivity contribution is 9.10. The molecule has 0 amide bonds. The molecule has 0 aliphatic carbocycles. The van der Waals surface area contributed by atoms with E-state index in [1.165, 1.54) is 0 Å². The van der Waals surface area contributed by atoms with Gasteiger partial charge in [-0.05, 0) is 15.9 Å². The quantitative estimate of drug-likeness (QED) is 0.752. The SMILES string of the molecule is COc1cncc2occ(Br)c12. The van der Waals surface area contributed by atoms with Gasteiger partial charge >= 0.3 is 0 Å². The van der Waals surface area contributed by atoms with Gasteiger partial charge in [0.25, 0.3) is 0 Å². The van der Waals surface area contributed by atoms with E-state index in [2.05, 4.69) is 20.9 Å². The number of nitrogens with zero attached hydrogens (tertiary/aromatic N) is 1. The molecule has 0 spiro atoms. The summed E-state index contributed by atoms with van der Waals surface area (Å²) in [6, 6.07) is 0. The highest BCUT2D eigenvalue weighted by Gasteiger charge is 2.08. The standard InChI is InChI=1S/C8H6BrNO2/c1-11-6-2-10-3-7-8(6)5(9)4-12-7/h2-4H,1H3. The number of methoxy groups -OCH3 is 1. The van der Waals surface area contributed by atoms with Crippen LogP contribution in [0.1, 0.15) is 0 Å². The van der Waals surface area contributed by atoms with Crippen LogP contribution in [0.25, 0.3) is 11.0 Å². The predicted molar refractivity (Wildman–Crippen MR) is 48.3 cm³/mol. The molecule has 0 atom stereocenters. The van der Waals surface area contributed by atoms with Crippen molar-refractivity contribution in [2.45, 2.75) is 0 Å². The minimum atomic E-state index is 0.716. The molecular weight excluding hydrogens is 222 g/mol. The topological polar surface area (TPSA) is 35.3 Å². The molecule has 2 heterocycles. The minimum absolute atomic E-state index is 0.716. The Morgan fingerprint density at radius 2 is 2.33 bits per heavy atom. The fourth-order valence-electron chi connectivity index (χ4n) is 1.08. The largest absolute Gasteiger partial charge is 0.494 e. The number of ether oxygens (including phenoxy) is 1. The second kappa shape index (κ2) is 2.79. The molecule has 62 valence electrons. The van der Waals surface area contributed by atoms with Crippen LogP contribution in [0.3, 0.4) is 0 Å². The summed E-state index contributed by atoms with van der Waals surface area (Å²) in [7, 11) is 1.61. The zero-order valence-electron chi connectivity index (χ0n) is 6.37. The average molecular weight is 228 g/mol. The van der Waals surface area contributed by atoms with Crippen molar-refractivity contribution in [2.75, 3.05) is 7.11 Å². The predicted octanol–water partition coefficient (Wildman–Crippen LogP) is 2.60.